The molecule has 1 rings (SSSR count). The first-order valence-corrected chi connectivity index (χ1v) is 9.39. The van der Waals surface area contributed by atoms with Gasteiger partial charge in [-0.05, 0) is 38.8 Å². The van der Waals surface area contributed by atoms with Gasteiger partial charge in [0.1, 0.15) is 0 Å². The third kappa shape index (κ3) is 12.6. The van der Waals surface area contributed by atoms with Crippen molar-refractivity contribution >= 4 is 10.1 Å². The summed E-state index contributed by atoms with van der Waals surface area (Å²) >= 11 is 0. The maximum atomic E-state index is 9.19. The lowest BCUT2D eigenvalue weighted by Gasteiger charge is -2.24. The molecule has 1 saturated heterocycles. The van der Waals surface area contributed by atoms with Crippen LogP contribution in [0.2, 0.25) is 0 Å². The summed E-state index contributed by atoms with van der Waals surface area (Å²) in [5.74, 6) is 0. The summed E-state index contributed by atoms with van der Waals surface area (Å²) in [7, 11) is -3.67. The fourth-order valence-corrected chi connectivity index (χ4v) is 2.52. The molecule has 0 aromatic heterocycles. The van der Waals surface area contributed by atoms with Crippen molar-refractivity contribution in [2.75, 3.05) is 19.3 Å². The van der Waals surface area contributed by atoms with E-state index in [-0.39, 0.29) is 0 Å². The zero-order valence-corrected chi connectivity index (χ0v) is 13.6. The molecule has 1 fully saturated rings. The number of likely N-dealkylation sites (tertiary alicyclic amines) is 1. The van der Waals surface area contributed by atoms with E-state index >= 15 is 0 Å². The SMILES string of the molecule is CCCCCN1CCCC1CCCC.CS(=O)(=O)O. The molecule has 1 aliphatic heterocycles. The Hall–Kier alpha value is -0.130. The van der Waals surface area contributed by atoms with Crippen molar-refractivity contribution in [1.29, 1.82) is 0 Å². The molecule has 0 bridgehead atoms. The van der Waals surface area contributed by atoms with Crippen molar-refractivity contribution in [2.45, 2.75) is 71.3 Å². The van der Waals surface area contributed by atoms with Gasteiger partial charge >= 0.3 is 0 Å². The fourth-order valence-electron chi connectivity index (χ4n) is 2.52. The molecule has 1 heterocycles. The number of unbranched alkanes of at least 4 members (excludes halogenated alkanes) is 3. The van der Waals surface area contributed by atoms with Crippen molar-refractivity contribution in [3.05, 3.63) is 0 Å². The quantitative estimate of drug-likeness (QED) is 0.578. The summed E-state index contributed by atoms with van der Waals surface area (Å²) in [5, 5.41) is 0. The van der Waals surface area contributed by atoms with Crippen molar-refractivity contribution in [1.82, 2.24) is 4.90 Å². The lowest BCUT2D eigenvalue weighted by atomic mass is 10.1. The van der Waals surface area contributed by atoms with E-state index in [0.717, 1.165) is 6.04 Å². The van der Waals surface area contributed by atoms with Crippen LogP contribution in [0, 0.1) is 0 Å². The van der Waals surface area contributed by atoms with Crippen molar-refractivity contribution in [3.63, 3.8) is 0 Å². The number of hydrogen-bond donors (Lipinski definition) is 1. The maximum absolute atomic E-state index is 9.19. The summed E-state index contributed by atoms with van der Waals surface area (Å²) in [5.41, 5.74) is 0. The highest BCUT2D eigenvalue weighted by Gasteiger charge is 2.22. The van der Waals surface area contributed by atoms with Gasteiger partial charge in [0.25, 0.3) is 10.1 Å². The predicted octanol–water partition coefficient (Wildman–Crippen LogP) is 3.34. The topological polar surface area (TPSA) is 57.6 Å². The molecule has 0 saturated carbocycles. The van der Waals surface area contributed by atoms with Gasteiger partial charge in [-0.3, -0.25) is 4.55 Å². The van der Waals surface area contributed by atoms with Crippen molar-refractivity contribution < 1.29 is 13.0 Å². The molecular weight excluding hydrogens is 262 g/mol. The second-order valence-corrected chi connectivity index (χ2v) is 6.88. The first-order chi connectivity index (χ1) is 8.88. The van der Waals surface area contributed by atoms with Gasteiger partial charge in [0.05, 0.1) is 6.26 Å². The first-order valence-electron chi connectivity index (χ1n) is 7.55. The Labute approximate surface area is 119 Å². The average molecular weight is 293 g/mol. The van der Waals surface area contributed by atoms with E-state index in [1.165, 1.54) is 64.5 Å². The van der Waals surface area contributed by atoms with Crippen LogP contribution >= 0.6 is 0 Å². The Kier molecular flexibility index (Phi) is 10.6. The normalized spacial score (nSPS) is 20.1. The van der Waals surface area contributed by atoms with Gasteiger partial charge in [0.15, 0.2) is 0 Å². The average Bonchev–Trinajstić information content (AvgIpc) is 2.72. The Bertz CT molecular complexity index is 296. The van der Waals surface area contributed by atoms with E-state index in [1.807, 2.05) is 0 Å². The highest BCUT2D eigenvalue weighted by atomic mass is 32.2. The molecule has 0 spiro atoms. The summed E-state index contributed by atoms with van der Waals surface area (Å²) < 4.78 is 25.9. The number of nitrogens with zero attached hydrogens (tertiary/aromatic N) is 1. The highest BCUT2D eigenvalue weighted by molar-refractivity contribution is 7.85. The second kappa shape index (κ2) is 10.6. The van der Waals surface area contributed by atoms with Crippen LogP contribution in [0.1, 0.15) is 65.2 Å². The molecule has 116 valence electrons. The van der Waals surface area contributed by atoms with Gasteiger partial charge in [-0.1, -0.05) is 39.5 Å². The minimum Gasteiger partial charge on any atom is -0.300 e. The van der Waals surface area contributed by atoms with Gasteiger partial charge in [0, 0.05) is 6.04 Å². The maximum Gasteiger partial charge on any atom is 0.261 e. The highest BCUT2D eigenvalue weighted by Crippen LogP contribution is 2.22. The predicted molar refractivity (Wildman–Crippen MR) is 81.1 cm³/mol. The number of rotatable bonds is 7. The Morgan fingerprint density at radius 1 is 1.16 bits per heavy atom. The van der Waals surface area contributed by atoms with E-state index in [2.05, 4.69) is 18.7 Å². The molecule has 0 aromatic carbocycles. The molecule has 1 atom stereocenters. The molecular formula is C14H31NO3S. The van der Waals surface area contributed by atoms with Gasteiger partial charge < -0.3 is 4.90 Å². The summed E-state index contributed by atoms with van der Waals surface area (Å²) in [6.45, 7) is 7.33. The molecule has 1 N–H and O–H groups in total. The van der Waals surface area contributed by atoms with E-state index < -0.39 is 10.1 Å². The molecule has 4 nitrogen and oxygen atoms in total. The van der Waals surface area contributed by atoms with Gasteiger partial charge in [0.2, 0.25) is 0 Å². The van der Waals surface area contributed by atoms with Crippen LogP contribution in [-0.4, -0.2) is 43.3 Å². The fraction of sp³-hybridized carbons (Fsp3) is 1.00. The van der Waals surface area contributed by atoms with Crippen LogP contribution in [0.25, 0.3) is 0 Å². The monoisotopic (exact) mass is 293 g/mol. The minimum absolute atomic E-state index is 0.715. The third-order valence-electron chi connectivity index (χ3n) is 3.44. The van der Waals surface area contributed by atoms with E-state index in [0.29, 0.717) is 6.26 Å². The summed E-state index contributed by atoms with van der Waals surface area (Å²) in [4.78, 5) is 2.74. The summed E-state index contributed by atoms with van der Waals surface area (Å²) in [6.07, 6.45) is 12.0. The molecule has 1 unspecified atom stereocenters. The Morgan fingerprint density at radius 2 is 1.74 bits per heavy atom. The van der Waals surface area contributed by atoms with Crippen LogP contribution in [0.15, 0.2) is 0 Å². The molecule has 0 amide bonds. The lowest BCUT2D eigenvalue weighted by Crippen LogP contribution is -2.30. The van der Waals surface area contributed by atoms with Crippen LogP contribution in [0.4, 0.5) is 0 Å². The van der Waals surface area contributed by atoms with Crippen LogP contribution in [-0.2, 0) is 10.1 Å². The molecule has 5 heteroatoms. The van der Waals surface area contributed by atoms with Crippen LogP contribution in [0.5, 0.6) is 0 Å². The zero-order chi connectivity index (χ0) is 14.7. The molecule has 0 radical (unpaired) electrons. The standard InChI is InChI=1S/C13H27N.CH4O3S/c1-3-5-7-11-14-12-8-10-13(14)9-6-4-2;1-5(2,3)4/h13H,3-12H2,1-2H3;1H3,(H,2,3,4). The van der Waals surface area contributed by atoms with Crippen molar-refractivity contribution in [3.8, 4) is 0 Å². The van der Waals surface area contributed by atoms with Gasteiger partial charge in [-0.15, -0.1) is 0 Å². The first kappa shape index (κ1) is 18.9. The van der Waals surface area contributed by atoms with Crippen molar-refractivity contribution in [2.24, 2.45) is 0 Å². The largest absolute Gasteiger partial charge is 0.300 e. The second-order valence-electron chi connectivity index (χ2n) is 5.41. The number of hydrogen-bond acceptors (Lipinski definition) is 3. The van der Waals surface area contributed by atoms with E-state index in [4.69, 9.17) is 4.55 Å². The molecule has 19 heavy (non-hydrogen) atoms. The molecule has 0 aromatic rings. The van der Waals surface area contributed by atoms with Crippen LogP contribution < -0.4 is 0 Å². The van der Waals surface area contributed by atoms with E-state index in [1.54, 1.807) is 0 Å². The minimum atomic E-state index is -3.67. The van der Waals surface area contributed by atoms with Gasteiger partial charge in [-0.2, -0.15) is 8.42 Å². The Balaban J connectivity index is 0.000000555. The molecule has 0 aliphatic carbocycles. The lowest BCUT2D eigenvalue weighted by molar-refractivity contribution is 0.235. The molecule has 1 aliphatic rings. The Morgan fingerprint density at radius 3 is 2.26 bits per heavy atom. The van der Waals surface area contributed by atoms with E-state index in [9.17, 15) is 8.42 Å². The zero-order valence-electron chi connectivity index (χ0n) is 12.8. The van der Waals surface area contributed by atoms with Crippen LogP contribution in [0.3, 0.4) is 0 Å². The summed E-state index contributed by atoms with van der Waals surface area (Å²) in [6, 6.07) is 0.937. The third-order valence-corrected chi connectivity index (χ3v) is 3.44. The smallest absolute Gasteiger partial charge is 0.261 e. The van der Waals surface area contributed by atoms with Gasteiger partial charge in [-0.25, -0.2) is 0 Å².